The van der Waals surface area contributed by atoms with Crippen molar-refractivity contribution in [3.8, 4) is 0 Å². The number of carbonyl (C=O) groups excluding carboxylic acids is 1. The van der Waals surface area contributed by atoms with Gasteiger partial charge in [-0.1, -0.05) is 27.5 Å². The van der Waals surface area contributed by atoms with Crippen molar-refractivity contribution in [1.29, 1.82) is 0 Å². The van der Waals surface area contributed by atoms with Crippen LogP contribution in [0.5, 0.6) is 0 Å². The number of hydrogen-bond donors (Lipinski definition) is 0. The molecule has 0 unspecified atom stereocenters. The third-order valence-electron chi connectivity index (χ3n) is 3.12. The van der Waals surface area contributed by atoms with E-state index in [1.807, 2.05) is 11.0 Å². The van der Waals surface area contributed by atoms with Crippen LogP contribution < -0.4 is 0 Å². The third kappa shape index (κ3) is 3.46. The average molecular weight is 332 g/mol. The Hall–Kier alpha value is -0.580. The molecule has 0 saturated carbocycles. The molecule has 5 heteroatoms. The molecule has 0 radical (unpaired) electrons. The lowest BCUT2D eigenvalue weighted by molar-refractivity contribution is 0.0763. The van der Waals surface area contributed by atoms with E-state index in [1.165, 1.54) is 0 Å². The number of likely N-dealkylation sites (N-methyl/N-ethyl adjacent to an activating group) is 1. The Bertz CT molecular complexity index is 432. The monoisotopic (exact) mass is 330 g/mol. The molecular weight excluding hydrogens is 316 g/mol. The molecule has 3 nitrogen and oxygen atoms in total. The fraction of sp³-hybridized carbons (Fsp3) is 0.462. The first-order valence-corrected chi connectivity index (χ1v) is 7.17. The van der Waals surface area contributed by atoms with Gasteiger partial charge >= 0.3 is 0 Å². The molecule has 18 heavy (non-hydrogen) atoms. The van der Waals surface area contributed by atoms with E-state index in [9.17, 15) is 4.79 Å². The topological polar surface area (TPSA) is 23.6 Å². The van der Waals surface area contributed by atoms with Crippen molar-refractivity contribution in [2.45, 2.75) is 6.42 Å². The zero-order chi connectivity index (χ0) is 13.1. The van der Waals surface area contributed by atoms with Crippen LogP contribution in [0.4, 0.5) is 0 Å². The van der Waals surface area contributed by atoms with Crippen molar-refractivity contribution in [2.24, 2.45) is 0 Å². The predicted molar refractivity (Wildman–Crippen MR) is 77.2 cm³/mol. The Labute approximate surface area is 121 Å². The van der Waals surface area contributed by atoms with E-state index in [0.717, 1.165) is 37.1 Å². The first-order valence-electron chi connectivity index (χ1n) is 6.00. The van der Waals surface area contributed by atoms with Crippen molar-refractivity contribution >= 4 is 33.4 Å². The minimum absolute atomic E-state index is 0.0634. The van der Waals surface area contributed by atoms with Crippen LogP contribution in [0.25, 0.3) is 0 Å². The quantitative estimate of drug-likeness (QED) is 0.790. The smallest absolute Gasteiger partial charge is 0.253 e. The number of halogens is 2. The fourth-order valence-electron chi connectivity index (χ4n) is 2.11. The molecule has 1 amide bonds. The lowest BCUT2D eigenvalue weighted by atomic mass is 10.2. The zero-order valence-corrected chi connectivity index (χ0v) is 12.7. The number of carbonyl (C=O) groups is 1. The van der Waals surface area contributed by atoms with Gasteiger partial charge in [0, 0.05) is 34.7 Å². The molecule has 1 saturated heterocycles. The van der Waals surface area contributed by atoms with Gasteiger partial charge < -0.3 is 9.80 Å². The number of rotatable bonds is 1. The van der Waals surface area contributed by atoms with E-state index in [1.54, 1.807) is 12.1 Å². The van der Waals surface area contributed by atoms with Crippen LogP contribution in [-0.4, -0.2) is 48.9 Å². The zero-order valence-electron chi connectivity index (χ0n) is 10.3. The summed E-state index contributed by atoms with van der Waals surface area (Å²) in [6.07, 6.45) is 1.02. The molecule has 1 heterocycles. The van der Waals surface area contributed by atoms with Gasteiger partial charge in [-0.2, -0.15) is 0 Å². The first kappa shape index (κ1) is 13.8. The fourth-order valence-corrected chi connectivity index (χ4v) is 2.97. The summed E-state index contributed by atoms with van der Waals surface area (Å²) in [5.74, 6) is 0.0634. The maximum Gasteiger partial charge on any atom is 0.253 e. The van der Waals surface area contributed by atoms with E-state index in [2.05, 4.69) is 27.9 Å². The van der Waals surface area contributed by atoms with Gasteiger partial charge in [-0.3, -0.25) is 4.79 Å². The van der Waals surface area contributed by atoms with Gasteiger partial charge in [0.25, 0.3) is 5.91 Å². The summed E-state index contributed by atoms with van der Waals surface area (Å²) in [7, 11) is 2.09. The molecule has 2 rings (SSSR count). The van der Waals surface area contributed by atoms with Gasteiger partial charge in [0.1, 0.15) is 0 Å². The highest BCUT2D eigenvalue weighted by Crippen LogP contribution is 2.21. The lowest BCUT2D eigenvalue weighted by Gasteiger charge is -2.20. The van der Waals surface area contributed by atoms with Gasteiger partial charge in [-0.05, 0) is 38.2 Å². The number of hydrogen-bond acceptors (Lipinski definition) is 2. The molecule has 1 aliphatic rings. The lowest BCUT2D eigenvalue weighted by Crippen LogP contribution is -2.34. The Morgan fingerprint density at radius 3 is 2.72 bits per heavy atom. The molecular formula is C13H16BrClN2O. The second-order valence-electron chi connectivity index (χ2n) is 4.61. The van der Waals surface area contributed by atoms with Crippen molar-refractivity contribution in [2.75, 3.05) is 33.2 Å². The highest BCUT2D eigenvalue weighted by atomic mass is 79.9. The van der Waals surface area contributed by atoms with Crippen LogP contribution in [0.1, 0.15) is 16.8 Å². The van der Waals surface area contributed by atoms with Crippen molar-refractivity contribution in [1.82, 2.24) is 9.80 Å². The standard InChI is InChI=1S/C13H16BrClN2O/c1-16-3-2-4-17(6-5-16)13(18)10-7-11(14)9-12(15)8-10/h7-9H,2-6H2,1H3. The molecule has 0 bridgehead atoms. The SMILES string of the molecule is CN1CCCN(C(=O)c2cc(Cl)cc(Br)c2)CC1. The Kier molecular flexibility index (Phi) is 4.65. The number of benzene rings is 1. The van der Waals surface area contributed by atoms with E-state index in [0.29, 0.717) is 10.6 Å². The van der Waals surface area contributed by atoms with E-state index < -0.39 is 0 Å². The third-order valence-corrected chi connectivity index (χ3v) is 3.79. The largest absolute Gasteiger partial charge is 0.337 e. The molecule has 1 fully saturated rings. The van der Waals surface area contributed by atoms with Crippen LogP contribution >= 0.6 is 27.5 Å². The summed E-state index contributed by atoms with van der Waals surface area (Å²) in [5.41, 5.74) is 0.652. The van der Waals surface area contributed by atoms with Crippen molar-refractivity contribution < 1.29 is 4.79 Å². The molecule has 0 atom stereocenters. The van der Waals surface area contributed by atoms with E-state index in [4.69, 9.17) is 11.6 Å². The predicted octanol–water partition coefficient (Wildman–Crippen LogP) is 2.88. The minimum Gasteiger partial charge on any atom is -0.337 e. The Morgan fingerprint density at radius 2 is 2.00 bits per heavy atom. The minimum atomic E-state index is 0.0634. The summed E-state index contributed by atoms with van der Waals surface area (Å²) < 4.78 is 0.838. The van der Waals surface area contributed by atoms with Gasteiger partial charge in [-0.15, -0.1) is 0 Å². The van der Waals surface area contributed by atoms with Gasteiger partial charge in [-0.25, -0.2) is 0 Å². The van der Waals surface area contributed by atoms with E-state index >= 15 is 0 Å². The van der Waals surface area contributed by atoms with Crippen LogP contribution in [0.3, 0.4) is 0 Å². The summed E-state index contributed by atoms with van der Waals surface area (Å²) in [6.45, 7) is 3.56. The van der Waals surface area contributed by atoms with Crippen LogP contribution in [0.2, 0.25) is 5.02 Å². The van der Waals surface area contributed by atoms with E-state index in [-0.39, 0.29) is 5.91 Å². The molecule has 98 valence electrons. The van der Waals surface area contributed by atoms with Crippen LogP contribution in [0, 0.1) is 0 Å². The summed E-state index contributed by atoms with van der Waals surface area (Å²) in [6, 6.07) is 5.33. The molecule has 0 spiro atoms. The molecule has 1 aromatic carbocycles. The summed E-state index contributed by atoms with van der Waals surface area (Å²) >= 11 is 9.35. The van der Waals surface area contributed by atoms with Gasteiger partial charge in [0.15, 0.2) is 0 Å². The second kappa shape index (κ2) is 6.04. The van der Waals surface area contributed by atoms with Crippen molar-refractivity contribution in [3.05, 3.63) is 33.3 Å². The molecule has 1 aliphatic heterocycles. The van der Waals surface area contributed by atoms with Gasteiger partial charge in [0.05, 0.1) is 0 Å². The number of nitrogens with zero attached hydrogens (tertiary/aromatic N) is 2. The average Bonchev–Trinajstić information content (AvgIpc) is 2.52. The Balaban J connectivity index is 2.14. The highest BCUT2D eigenvalue weighted by molar-refractivity contribution is 9.10. The summed E-state index contributed by atoms with van der Waals surface area (Å²) in [4.78, 5) is 16.5. The van der Waals surface area contributed by atoms with Crippen LogP contribution in [-0.2, 0) is 0 Å². The van der Waals surface area contributed by atoms with Crippen molar-refractivity contribution in [3.63, 3.8) is 0 Å². The second-order valence-corrected chi connectivity index (χ2v) is 5.96. The molecule has 1 aromatic rings. The van der Waals surface area contributed by atoms with Gasteiger partial charge in [0.2, 0.25) is 0 Å². The Morgan fingerprint density at radius 1 is 1.22 bits per heavy atom. The molecule has 0 aromatic heterocycles. The molecule has 0 aliphatic carbocycles. The van der Waals surface area contributed by atoms with Crippen LogP contribution in [0.15, 0.2) is 22.7 Å². The number of amides is 1. The summed E-state index contributed by atoms with van der Waals surface area (Å²) in [5, 5.41) is 0.583. The highest BCUT2D eigenvalue weighted by Gasteiger charge is 2.19. The first-order chi connectivity index (χ1) is 8.56. The maximum absolute atomic E-state index is 12.4. The maximum atomic E-state index is 12.4. The normalized spacial score (nSPS) is 17.6. The molecule has 0 N–H and O–H groups in total.